The largest absolute Gasteiger partial charge is 0.490 e. The summed E-state index contributed by atoms with van der Waals surface area (Å²) < 4.78 is 11.3. The van der Waals surface area contributed by atoms with Gasteiger partial charge in [0.2, 0.25) is 5.88 Å². The SMILES string of the molecule is CN=C(NCc1ccc(OCCOc2ccccc2)nc1)NC1CCN(C(C)C)CC1. The Balaban J connectivity index is 1.35. The van der Waals surface area contributed by atoms with Crippen molar-refractivity contribution in [1.29, 1.82) is 0 Å². The van der Waals surface area contributed by atoms with Crippen LogP contribution >= 0.6 is 0 Å². The average molecular weight is 426 g/mol. The number of para-hydroxylation sites is 1. The van der Waals surface area contributed by atoms with Crippen LogP contribution in [-0.2, 0) is 6.54 Å². The van der Waals surface area contributed by atoms with Gasteiger partial charge in [-0.25, -0.2) is 4.98 Å². The summed E-state index contributed by atoms with van der Waals surface area (Å²) in [6, 6.07) is 14.7. The molecule has 0 amide bonds. The van der Waals surface area contributed by atoms with E-state index in [1.807, 2.05) is 55.7 Å². The lowest BCUT2D eigenvalue weighted by atomic mass is 10.0. The van der Waals surface area contributed by atoms with Crippen LogP contribution in [0.1, 0.15) is 32.3 Å². The van der Waals surface area contributed by atoms with Gasteiger partial charge in [0, 0.05) is 51.0 Å². The molecule has 1 aromatic carbocycles. The van der Waals surface area contributed by atoms with Crippen LogP contribution < -0.4 is 20.1 Å². The van der Waals surface area contributed by atoms with E-state index in [0.29, 0.717) is 37.7 Å². The first-order chi connectivity index (χ1) is 15.1. The fourth-order valence-electron chi connectivity index (χ4n) is 3.56. The second-order valence-electron chi connectivity index (χ2n) is 7.99. The Bertz CT molecular complexity index is 787. The van der Waals surface area contributed by atoms with Gasteiger partial charge < -0.3 is 25.0 Å². The van der Waals surface area contributed by atoms with Crippen LogP contribution in [0.25, 0.3) is 0 Å². The van der Waals surface area contributed by atoms with Gasteiger partial charge in [-0.05, 0) is 44.4 Å². The number of piperidine rings is 1. The molecule has 2 heterocycles. The third-order valence-electron chi connectivity index (χ3n) is 5.43. The van der Waals surface area contributed by atoms with E-state index in [4.69, 9.17) is 9.47 Å². The molecule has 1 aliphatic heterocycles. The number of aromatic nitrogens is 1. The predicted octanol–water partition coefficient (Wildman–Crippen LogP) is 3.08. The number of likely N-dealkylation sites (tertiary alicyclic amines) is 1. The van der Waals surface area contributed by atoms with Crippen molar-refractivity contribution < 1.29 is 9.47 Å². The zero-order chi connectivity index (χ0) is 21.9. The van der Waals surface area contributed by atoms with Gasteiger partial charge in [0.15, 0.2) is 5.96 Å². The van der Waals surface area contributed by atoms with Gasteiger partial charge in [0.05, 0.1) is 0 Å². The number of guanidine groups is 1. The van der Waals surface area contributed by atoms with Crippen molar-refractivity contribution in [3.63, 3.8) is 0 Å². The first-order valence-corrected chi connectivity index (χ1v) is 11.1. The summed E-state index contributed by atoms with van der Waals surface area (Å²) in [5.41, 5.74) is 1.07. The highest BCUT2D eigenvalue weighted by atomic mass is 16.5. The van der Waals surface area contributed by atoms with Crippen molar-refractivity contribution in [2.45, 2.75) is 45.3 Å². The third kappa shape index (κ3) is 7.75. The Hall–Kier alpha value is -2.80. The highest BCUT2D eigenvalue weighted by Crippen LogP contribution is 2.13. The normalized spacial score (nSPS) is 15.7. The van der Waals surface area contributed by atoms with Gasteiger partial charge >= 0.3 is 0 Å². The topological polar surface area (TPSA) is 71.0 Å². The molecule has 1 saturated heterocycles. The molecule has 0 radical (unpaired) electrons. The molecule has 0 bridgehead atoms. The van der Waals surface area contributed by atoms with Crippen LogP contribution in [0.15, 0.2) is 53.7 Å². The van der Waals surface area contributed by atoms with E-state index in [2.05, 4.69) is 39.4 Å². The van der Waals surface area contributed by atoms with Crippen molar-refractivity contribution >= 4 is 5.96 Å². The van der Waals surface area contributed by atoms with Crippen molar-refractivity contribution in [2.75, 3.05) is 33.4 Å². The zero-order valence-electron chi connectivity index (χ0n) is 18.9. The standard InChI is InChI=1S/C24H35N5O2/c1-19(2)29-13-11-21(12-14-29)28-24(25-3)27-18-20-9-10-23(26-17-20)31-16-15-30-22-7-5-4-6-8-22/h4-10,17,19,21H,11-16,18H2,1-3H3,(H2,25,27,28). The summed E-state index contributed by atoms with van der Waals surface area (Å²) in [6.07, 6.45) is 4.11. The van der Waals surface area contributed by atoms with Gasteiger partial charge in [-0.15, -0.1) is 0 Å². The molecule has 1 aliphatic rings. The fraction of sp³-hybridized carbons (Fsp3) is 0.500. The van der Waals surface area contributed by atoms with Crippen LogP contribution in [-0.4, -0.2) is 61.3 Å². The fourth-order valence-corrected chi connectivity index (χ4v) is 3.56. The van der Waals surface area contributed by atoms with Crippen LogP contribution in [0.3, 0.4) is 0 Å². The van der Waals surface area contributed by atoms with Gasteiger partial charge in [-0.3, -0.25) is 4.99 Å². The molecule has 0 saturated carbocycles. The van der Waals surface area contributed by atoms with E-state index in [1.165, 1.54) is 0 Å². The number of rotatable bonds is 9. The molecular formula is C24H35N5O2. The van der Waals surface area contributed by atoms with Crippen molar-refractivity contribution in [2.24, 2.45) is 4.99 Å². The van der Waals surface area contributed by atoms with E-state index in [0.717, 1.165) is 43.2 Å². The second kappa shape index (κ2) is 12.2. The molecule has 2 N–H and O–H groups in total. The Morgan fingerprint density at radius 2 is 1.84 bits per heavy atom. The summed E-state index contributed by atoms with van der Waals surface area (Å²) in [5.74, 6) is 2.27. The number of nitrogens with one attached hydrogen (secondary N) is 2. The number of hydrogen-bond acceptors (Lipinski definition) is 5. The zero-order valence-corrected chi connectivity index (χ0v) is 18.9. The highest BCUT2D eigenvalue weighted by Gasteiger charge is 2.21. The van der Waals surface area contributed by atoms with E-state index in [1.54, 1.807) is 0 Å². The Kier molecular flexibility index (Phi) is 8.97. The first kappa shape index (κ1) is 22.9. The molecule has 0 unspecified atom stereocenters. The van der Waals surface area contributed by atoms with Gasteiger partial charge in [-0.1, -0.05) is 24.3 Å². The maximum Gasteiger partial charge on any atom is 0.213 e. The summed E-state index contributed by atoms with van der Waals surface area (Å²) >= 11 is 0. The molecule has 0 aliphatic carbocycles. The Morgan fingerprint density at radius 1 is 1.10 bits per heavy atom. The first-order valence-electron chi connectivity index (χ1n) is 11.1. The molecule has 168 valence electrons. The number of hydrogen-bond donors (Lipinski definition) is 2. The van der Waals surface area contributed by atoms with Gasteiger partial charge in [-0.2, -0.15) is 0 Å². The van der Waals surface area contributed by atoms with Crippen LogP contribution in [0.4, 0.5) is 0 Å². The second-order valence-corrected chi connectivity index (χ2v) is 7.99. The smallest absolute Gasteiger partial charge is 0.213 e. The van der Waals surface area contributed by atoms with E-state index >= 15 is 0 Å². The third-order valence-corrected chi connectivity index (χ3v) is 5.43. The lowest BCUT2D eigenvalue weighted by molar-refractivity contribution is 0.167. The number of benzene rings is 1. The molecule has 2 aromatic rings. The van der Waals surface area contributed by atoms with Crippen LogP contribution in [0.2, 0.25) is 0 Å². The minimum absolute atomic E-state index is 0.450. The molecule has 1 fully saturated rings. The minimum Gasteiger partial charge on any atom is -0.490 e. The highest BCUT2D eigenvalue weighted by molar-refractivity contribution is 5.79. The molecular weight excluding hydrogens is 390 g/mol. The predicted molar refractivity (Wildman–Crippen MR) is 125 cm³/mol. The molecule has 7 heteroatoms. The van der Waals surface area contributed by atoms with Gasteiger partial charge in [0.1, 0.15) is 19.0 Å². The van der Waals surface area contributed by atoms with Crippen molar-refractivity contribution in [3.8, 4) is 11.6 Å². The average Bonchev–Trinajstić information content (AvgIpc) is 2.81. The number of pyridine rings is 1. The number of aliphatic imine (C=N–C) groups is 1. The maximum absolute atomic E-state index is 5.66. The lowest BCUT2D eigenvalue weighted by Gasteiger charge is -2.35. The lowest BCUT2D eigenvalue weighted by Crippen LogP contribution is -2.49. The van der Waals surface area contributed by atoms with Crippen molar-refractivity contribution in [1.82, 2.24) is 20.5 Å². The Labute approximate surface area is 185 Å². The van der Waals surface area contributed by atoms with Crippen molar-refractivity contribution in [3.05, 3.63) is 54.2 Å². The molecule has 0 atom stereocenters. The maximum atomic E-state index is 5.66. The van der Waals surface area contributed by atoms with E-state index < -0.39 is 0 Å². The molecule has 0 spiro atoms. The minimum atomic E-state index is 0.450. The molecule has 7 nitrogen and oxygen atoms in total. The molecule has 1 aromatic heterocycles. The summed E-state index contributed by atoms with van der Waals surface area (Å²) in [4.78, 5) is 11.3. The summed E-state index contributed by atoms with van der Waals surface area (Å²) in [6.45, 7) is 8.38. The number of nitrogens with zero attached hydrogens (tertiary/aromatic N) is 3. The summed E-state index contributed by atoms with van der Waals surface area (Å²) in [5, 5.41) is 6.93. The van der Waals surface area contributed by atoms with E-state index in [-0.39, 0.29) is 0 Å². The quantitative estimate of drug-likeness (QED) is 0.366. The summed E-state index contributed by atoms with van der Waals surface area (Å²) in [7, 11) is 1.81. The molecule has 31 heavy (non-hydrogen) atoms. The van der Waals surface area contributed by atoms with E-state index in [9.17, 15) is 0 Å². The molecule has 3 rings (SSSR count). The number of ether oxygens (including phenoxy) is 2. The van der Waals surface area contributed by atoms with Crippen LogP contribution in [0.5, 0.6) is 11.6 Å². The van der Waals surface area contributed by atoms with Crippen LogP contribution in [0, 0.1) is 0 Å². The Morgan fingerprint density at radius 3 is 2.48 bits per heavy atom. The van der Waals surface area contributed by atoms with Gasteiger partial charge in [0.25, 0.3) is 0 Å². The monoisotopic (exact) mass is 425 g/mol.